The molecule has 1 aromatic heterocycles. The second-order valence-corrected chi connectivity index (χ2v) is 11.8. The fourth-order valence-electron chi connectivity index (χ4n) is 3.40. The van der Waals surface area contributed by atoms with Crippen molar-refractivity contribution in [3.05, 3.63) is 68.5 Å². The van der Waals surface area contributed by atoms with Gasteiger partial charge in [0.05, 0.1) is 6.61 Å². The van der Waals surface area contributed by atoms with Crippen molar-refractivity contribution >= 4 is 15.2 Å². The number of benzene rings is 1. The Morgan fingerprint density at radius 2 is 1.70 bits per heavy atom. The first-order valence-electron chi connectivity index (χ1n) is 10.2. The van der Waals surface area contributed by atoms with Gasteiger partial charge in [-0.25, -0.2) is 13.6 Å². The van der Waals surface area contributed by atoms with E-state index < -0.39 is 81.2 Å². The van der Waals surface area contributed by atoms with Gasteiger partial charge < -0.3 is 34.2 Å². The van der Waals surface area contributed by atoms with Crippen molar-refractivity contribution in [1.29, 1.82) is 0 Å². The summed E-state index contributed by atoms with van der Waals surface area (Å²) in [5, 5.41) is 14.9. The van der Waals surface area contributed by atoms with E-state index in [0.717, 1.165) is 24.4 Å². The molecular formula is C18H20F4N2O11P2. The van der Waals surface area contributed by atoms with Crippen molar-refractivity contribution in [2.45, 2.75) is 42.9 Å². The SMILES string of the molecule is O=c1ccn([C@@H]2O[C@H](COP(=O)(O)C(F)(F)P(=O)(O)O)[C@@H](O)[C@H]2O)c(=O)n1CCc1ccc(F)cc1F. The molecule has 1 fully saturated rings. The summed E-state index contributed by atoms with van der Waals surface area (Å²) in [4.78, 5) is 51.6. The smallest absolute Gasteiger partial charge is 0.387 e. The van der Waals surface area contributed by atoms with E-state index in [0.29, 0.717) is 15.2 Å². The van der Waals surface area contributed by atoms with E-state index in [1.807, 2.05) is 0 Å². The molecule has 1 aliphatic heterocycles. The predicted molar refractivity (Wildman–Crippen MR) is 114 cm³/mol. The number of aliphatic hydroxyl groups is 2. The molecule has 1 aliphatic rings. The second-order valence-electron chi connectivity index (χ2n) is 7.90. The number of halogens is 4. The summed E-state index contributed by atoms with van der Waals surface area (Å²) >= 11 is 0. The number of alkyl halides is 2. The van der Waals surface area contributed by atoms with Crippen molar-refractivity contribution in [2.75, 3.05) is 6.61 Å². The fourth-order valence-corrected chi connectivity index (χ4v) is 5.40. The Balaban J connectivity index is 1.79. The molecule has 3 rings (SSSR count). The Kier molecular flexibility index (Phi) is 8.34. The molecule has 0 saturated carbocycles. The van der Waals surface area contributed by atoms with Crippen LogP contribution < -0.4 is 11.2 Å². The Hall–Kier alpha value is -2.20. The van der Waals surface area contributed by atoms with Crippen LogP contribution in [0.4, 0.5) is 17.6 Å². The minimum atomic E-state index is -6.43. The van der Waals surface area contributed by atoms with E-state index in [-0.39, 0.29) is 12.0 Å². The maximum Gasteiger partial charge on any atom is 0.443 e. The highest BCUT2D eigenvalue weighted by molar-refractivity contribution is 7.72. The molecule has 37 heavy (non-hydrogen) atoms. The van der Waals surface area contributed by atoms with Crippen LogP contribution >= 0.6 is 15.2 Å². The number of aromatic nitrogens is 2. The molecule has 0 amide bonds. The van der Waals surface area contributed by atoms with Gasteiger partial charge in [-0.1, -0.05) is 6.07 Å². The van der Waals surface area contributed by atoms with Crippen LogP contribution in [0.15, 0.2) is 40.1 Å². The maximum atomic E-state index is 13.9. The molecule has 2 aromatic rings. The molecule has 1 aromatic carbocycles. The van der Waals surface area contributed by atoms with E-state index in [4.69, 9.17) is 14.5 Å². The lowest BCUT2D eigenvalue weighted by Gasteiger charge is -2.24. The van der Waals surface area contributed by atoms with Crippen molar-refractivity contribution < 1.29 is 60.8 Å². The van der Waals surface area contributed by atoms with Crippen molar-refractivity contribution in [1.82, 2.24) is 9.13 Å². The standard InChI is InChI=1S/C18H20F4N2O11P2/c19-10-2-1-9(11(20)7-10)3-5-23-13(25)4-6-24(17(23)28)16-15(27)14(26)12(35-16)8-34-37(32,33)18(21,22)36(29,30)31/h1-2,4,6-7,12,14-16,26-27H,3,5,8H2,(H,32,33)(H2,29,30,31)/t12-,14-,15-,16-/m1/s1. The zero-order chi connectivity index (χ0) is 27.9. The largest absolute Gasteiger partial charge is 0.443 e. The van der Waals surface area contributed by atoms with Gasteiger partial charge in [0.1, 0.15) is 29.9 Å². The Labute approximate surface area is 203 Å². The monoisotopic (exact) mass is 578 g/mol. The van der Waals surface area contributed by atoms with Crippen LogP contribution in [0.2, 0.25) is 0 Å². The van der Waals surface area contributed by atoms with E-state index in [2.05, 4.69) is 4.52 Å². The first-order chi connectivity index (χ1) is 17.0. The van der Waals surface area contributed by atoms with Crippen LogP contribution in [0, 0.1) is 11.6 Å². The molecule has 2 heterocycles. The van der Waals surface area contributed by atoms with Crippen LogP contribution in [0.5, 0.6) is 0 Å². The normalized spacial score (nSPS) is 24.2. The number of hydrogen-bond acceptors (Lipinski definition) is 8. The highest BCUT2D eigenvalue weighted by atomic mass is 31.2. The lowest BCUT2D eigenvalue weighted by molar-refractivity contribution is -0.0551. The van der Waals surface area contributed by atoms with Crippen molar-refractivity contribution in [2.24, 2.45) is 0 Å². The van der Waals surface area contributed by atoms with E-state index >= 15 is 0 Å². The van der Waals surface area contributed by atoms with Gasteiger partial charge >= 0.3 is 26.3 Å². The lowest BCUT2D eigenvalue weighted by atomic mass is 10.1. The first-order valence-corrected chi connectivity index (χ1v) is 13.4. The zero-order valence-corrected chi connectivity index (χ0v) is 20.1. The third-order valence-corrected chi connectivity index (χ3v) is 8.85. The summed E-state index contributed by atoms with van der Waals surface area (Å²) in [5.41, 5.74) is -1.99. The Bertz CT molecular complexity index is 1380. The van der Waals surface area contributed by atoms with Gasteiger partial charge in [-0.15, -0.1) is 0 Å². The van der Waals surface area contributed by atoms with Gasteiger partial charge in [0.15, 0.2) is 6.23 Å². The average molecular weight is 578 g/mol. The summed E-state index contributed by atoms with van der Waals surface area (Å²) in [6.07, 6.45) is -6.94. The number of aryl methyl sites for hydroxylation is 1. The molecule has 1 unspecified atom stereocenters. The van der Waals surface area contributed by atoms with Gasteiger partial charge in [0, 0.05) is 24.9 Å². The van der Waals surface area contributed by atoms with Gasteiger partial charge in [0.25, 0.3) is 5.56 Å². The molecular weight excluding hydrogens is 558 g/mol. The summed E-state index contributed by atoms with van der Waals surface area (Å²) in [6.45, 7) is -1.76. The van der Waals surface area contributed by atoms with Crippen LogP contribution in [0.1, 0.15) is 11.8 Å². The van der Waals surface area contributed by atoms with Gasteiger partial charge in [0.2, 0.25) is 0 Å². The highest BCUT2D eigenvalue weighted by Gasteiger charge is 2.65. The van der Waals surface area contributed by atoms with Crippen LogP contribution in [0.25, 0.3) is 0 Å². The molecule has 0 spiro atoms. The molecule has 13 nitrogen and oxygen atoms in total. The number of aliphatic hydroxyl groups excluding tert-OH is 2. The zero-order valence-electron chi connectivity index (χ0n) is 18.3. The van der Waals surface area contributed by atoms with E-state index in [9.17, 15) is 51.4 Å². The number of ether oxygens (including phenoxy) is 1. The van der Waals surface area contributed by atoms with Crippen LogP contribution in [0.3, 0.4) is 0 Å². The minimum Gasteiger partial charge on any atom is -0.387 e. The number of rotatable bonds is 9. The number of hydrogen-bond donors (Lipinski definition) is 5. The molecule has 0 aliphatic carbocycles. The molecule has 0 bridgehead atoms. The van der Waals surface area contributed by atoms with Crippen LogP contribution in [-0.2, 0) is 31.4 Å². The summed E-state index contributed by atoms with van der Waals surface area (Å²) in [7, 11) is -12.7. The summed E-state index contributed by atoms with van der Waals surface area (Å²) < 4.78 is 87.2. The molecule has 206 valence electrons. The predicted octanol–water partition coefficient (Wildman–Crippen LogP) is 0.0801. The molecule has 0 radical (unpaired) electrons. The highest BCUT2D eigenvalue weighted by Crippen LogP contribution is 2.73. The molecule has 5 N–H and O–H groups in total. The van der Waals surface area contributed by atoms with Crippen molar-refractivity contribution in [3.8, 4) is 0 Å². The third kappa shape index (κ3) is 5.79. The fraction of sp³-hybridized carbons (Fsp3) is 0.444. The average Bonchev–Trinajstić information content (AvgIpc) is 3.06. The summed E-state index contributed by atoms with van der Waals surface area (Å²) in [5.74, 6) is -1.76. The second kappa shape index (κ2) is 10.5. The van der Waals surface area contributed by atoms with Crippen molar-refractivity contribution in [3.63, 3.8) is 0 Å². The molecule has 1 saturated heterocycles. The lowest BCUT2D eigenvalue weighted by Crippen LogP contribution is -2.43. The van der Waals surface area contributed by atoms with E-state index in [1.165, 1.54) is 0 Å². The van der Waals surface area contributed by atoms with Crippen LogP contribution in [-0.4, -0.2) is 64.4 Å². The molecule has 5 atom stereocenters. The minimum absolute atomic E-state index is 0.0200. The van der Waals surface area contributed by atoms with Gasteiger partial charge in [-0.3, -0.25) is 23.1 Å². The Morgan fingerprint density at radius 3 is 2.30 bits per heavy atom. The quantitative estimate of drug-likeness (QED) is 0.200. The third-order valence-electron chi connectivity index (χ3n) is 5.43. The van der Waals surface area contributed by atoms with E-state index in [1.54, 1.807) is 0 Å². The van der Waals surface area contributed by atoms with Gasteiger partial charge in [-0.05, 0) is 18.1 Å². The topological polar surface area (TPSA) is 198 Å². The summed E-state index contributed by atoms with van der Waals surface area (Å²) in [6, 6.07) is 3.54. The first kappa shape index (κ1) is 29.4. The maximum absolute atomic E-state index is 13.9. The van der Waals surface area contributed by atoms with Gasteiger partial charge in [-0.2, -0.15) is 8.78 Å². The Morgan fingerprint density at radius 1 is 1.05 bits per heavy atom. The number of nitrogens with zero attached hydrogens (tertiary/aromatic N) is 2. The molecule has 19 heteroatoms.